The van der Waals surface area contributed by atoms with E-state index in [2.05, 4.69) is 108 Å². The summed E-state index contributed by atoms with van der Waals surface area (Å²) in [6.45, 7) is 18.9. The van der Waals surface area contributed by atoms with Gasteiger partial charge in [-0.25, -0.2) is 4.98 Å². The zero-order valence-corrected chi connectivity index (χ0v) is 39.0. The van der Waals surface area contributed by atoms with Gasteiger partial charge in [0, 0.05) is 36.7 Å². The summed E-state index contributed by atoms with van der Waals surface area (Å²) in [5.74, 6) is 0.613. The average Bonchev–Trinajstić information content (AvgIpc) is 3.70. The van der Waals surface area contributed by atoms with Crippen molar-refractivity contribution in [3.8, 4) is 67.5 Å². The number of hydrogen-bond acceptors (Lipinski definition) is 3. The van der Waals surface area contributed by atoms with Gasteiger partial charge in [0.15, 0.2) is 0 Å². The molecule has 0 saturated heterocycles. The van der Waals surface area contributed by atoms with Gasteiger partial charge in [0.25, 0.3) is 0 Å². The fourth-order valence-corrected chi connectivity index (χ4v) is 8.08. The Morgan fingerprint density at radius 1 is 0.531 bits per heavy atom. The van der Waals surface area contributed by atoms with Gasteiger partial charge in [-0.15, -0.1) is 0 Å². The van der Waals surface area contributed by atoms with Crippen LogP contribution in [0.15, 0.2) is 133 Å². The summed E-state index contributed by atoms with van der Waals surface area (Å²) in [6, 6.07) is 28.3. The molecule has 0 amide bonds. The van der Waals surface area contributed by atoms with Crippen molar-refractivity contribution in [2.75, 3.05) is 0 Å². The number of aromatic hydroxyl groups is 1. The molecule has 4 heteroatoms. The summed E-state index contributed by atoms with van der Waals surface area (Å²) in [4.78, 5) is 10.0. The first-order valence-electron chi connectivity index (χ1n) is 27.8. The minimum atomic E-state index is -3.23. The Bertz CT molecular complexity index is 3620. The molecule has 0 spiro atoms. The molecule has 326 valence electrons. The lowest BCUT2D eigenvalue weighted by Gasteiger charge is -2.28. The Hall–Kier alpha value is -6.26. The van der Waals surface area contributed by atoms with Gasteiger partial charge in [-0.05, 0) is 134 Å². The lowest BCUT2D eigenvalue weighted by atomic mass is 9.79. The third-order valence-corrected chi connectivity index (χ3v) is 11.9. The molecule has 2 aromatic heterocycles. The van der Waals surface area contributed by atoms with Crippen LogP contribution in [0.4, 0.5) is 0 Å². The molecule has 0 saturated carbocycles. The van der Waals surface area contributed by atoms with Gasteiger partial charge in [0.05, 0.1) is 36.2 Å². The van der Waals surface area contributed by atoms with Crippen molar-refractivity contribution in [3.63, 3.8) is 0 Å². The van der Waals surface area contributed by atoms with Crippen molar-refractivity contribution >= 4 is 11.0 Å². The Morgan fingerprint density at radius 2 is 1.19 bits per heavy atom. The highest BCUT2D eigenvalue weighted by Gasteiger charge is 2.30. The fourth-order valence-electron chi connectivity index (χ4n) is 8.08. The van der Waals surface area contributed by atoms with E-state index in [-0.39, 0.29) is 22.3 Å². The normalized spacial score (nSPS) is 15.7. The minimum absolute atomic E-state index is 0.111. The Kier molecular flexibility index (Phi) is 7.93. The van der Waals surface area contributed by atoms with Gasteiger partial charge in [-0.1, -0.05) is 162 Å². The summed E-state index contributed by atoms with van der Waals surface area (Å²) in [7, 11) is 0. The predicted octanol–water partition coefficient (Wildman–Crippen LogP) is 16.3. The average molecular weight is 856 g/mol. The van der Waals surface area contributed by atoms with Crippen LogP contribution in [0.3, 0.4) is 0 Å². The number of aromatic nitrogens is 3. The molecule has 64 heavy (non-hydrogen) atoms. The quantitative estimate of drug-likeness (QED) is 0.181. The van der Waals surface area contributed by atoms with Crippen LogP contribution < -0.4 is 0 Å². The Balaban J connectivity index is 1.49. The molecule has 0 aliphatic heterocycles. The van der Waals surface area contributed by atoms with E-state index in [1.165, 1.54) is 0 Å². The number of fused-ring (bicyclic) bond motifs is 1. The summed E-state index contributed by atoms with van der Waals surface area (Å²) < 4.78 is 106. The lowest BCUT2D eigenvalue weighted by molar-refractivity contribution is 0.446. The first kappa shape index (κ1) is 31.6. The van der Waals surface area contributed by atoms with Crippen molar-refractivity contribution in [1.82, 2.24) is 14.5 Å². The molecule has 0 aliphatic carbocycles. The maximum atomic E-state index is 12.6. The van der Waals surface area contributed by atoms with E-state index in [0.29, 0.717) is 33.6 Å². The second kappa shape index (κ2) is 16.1. The van der Waals surface area contributed by atoms with Gasteiger partial charge >= 0.3 is 0 Å². The number of hydrogen-bond donors (Lipinski definition) is 1. The zero-order chi connectivity index (χ0) is 56.3. The monoisotopic (exact) mass is 856 g/mol. The minimum Gasteiger partial charge on any atom is -0.507 e. The number of pyridine rings is 1. The first-order valence-corrected chi connectivity index (χ1v) is 21.8. The number of nitrogens with zero attached hydrogens (tertiary/aromatic N) is 3. The molecule has 0 fully saturated rings. The van der Waals surface area contributed by atoms with Gasteiger partial charge < -0.3 is 5.11 Å². The molecule has 0 aliphatic rings. The number of benzene rings is 6. The third-order valence-electron chi connectivity index (χ3n) is 11.9. The van der Waals surface area contributed by atoms with Crippen LogP contribution in [0.25, 0.3) is 72.7 Å². The summed E-state index contributed by atoms with van der Waals surface area (Å²) in [5, 5.41) is 12.6. The molecule has 0 radical (unpaired) electrons. The highest BCUT2D eigenvalue weighted by atomic mass is 16.3. The van der Waals surface area contributed by atoms with Gasteiger partial charge in [-0.3, -0.25) is 9.55 Å². The van der Waals surface area contributed by atoms with E-state index in [0.717, 1.165) is 44.6 Å². The maximum Gasteiger partial charge on any atom is 0.149 e. The standard InChI is InChI=1S/C60H65N3O/c1-37-23-24-40(29-38(37)2)41-27-28-61-51(33-41)43-30-42(31-45(32-43)58(6,7)8)47-21-18-22-53-54(47)62-56(49-35-46(59(9,10)11)36-50(55(49)64)60(12,13)14)63(53)52-26-25-44(57(3,4)5)34-48(52)39-19-16-15-17-20-39/h15-36,64H,1-14H3/i1D3,2D3,23D,24D,27D,28D,29D,33D. The van der Waals surface area contributed by atoms with E-state index >= 15 is 0 Å². The van der Waals surface area contributed by atoms with Crippen molar-refractivity contribution in [2.45, 2.75) is 118 Å². The molecule has 8 aromatic rings. The van der Waals surface area contributed by atoms with Crippen LogP contribution >= 0.6 is 0 Å². The summed E-state index contributed by atoms with van der Waals surface area (Å²) >= 11 is 0. The largest absolute Gasteiger partial charge is 0.507 e. The molecule has 4 nitrogen and oxygen atoms in total. The number of phenolic OH excluding ortho intramolecular Hbond substituents is 1. The van der Waals surface area contributed by atoms with E-state index < -0.39 is 83.2 Å². The fraction of sp³-hybridized carbons (Fsp3) is 0.300. The van der Waals surface area contributed by atoms with E-state index in [1.807, 2.05) is 75.4 Å². The van der Waals surface area contributed by atoms with Crippen LogP contribution in [0, 0.1) is 13.7 Å². The first-order chi connectivity index (χ1) is 34.9. The van der Waals surface area contributed by atoms with Crippen molar-refractivity contribution in [3.05, 3.63) is 167 Å². The highest BCUT2D eigenvalue weighted by Crippen LogP contribution is 2.46. The van der Waals surface area contributed by atoms with E-state index in [9.17, 15) is 6.48 Å². The third kappa shape index (κ3) is 8.55. The zero-order valence-electron chi connectivity index (χ0n) is 51.0. The number of imidazole rings is 1. The molecule has 0 atom stereocenters. The lowest BCUT2D eigenvalue weighted by Crippen LogP contribution is -2.17. The molecular weight excluding hydrogens is 779 g/mol. The Morgan fingerprint density at radius 3 is 1.86 bits per heavy atom. The van der Waals surface area contributed by atoms with Gasteiger partial charge in [-0.2, -0.15) is 0 Å². The molecule has 0 bridgehead atoms. The van der Waals surface area contributed by atoms with E-state index in [1.54, 1.807) is 6.07 Å². The molecule has 2 heterocycles. The van der Waals surface area contributed by atoms with Crippen LogP contribution in [0.1, 0.15) is 133 Å². The SMILES string of the molecule is [2H]c1nc(-c2cc(-c3cccc4c3nc(-c3cc(C(C)(C)C)cc(C(C)(C)C)c3O)n4-c3ccc(C(C)(C)C)cc3-c3ccccc3)cc(C(C)(C)C)c2)c([2H])c(-c2c([2H])c([2H])c(C([2H])([2H])[2H])c(C([2H])([2H])[2H])c2[2H])c1[2H]. The van der Waals surface area contributed by atoms with Crippen molar-refractivity contribution in [2.24, 2.45) is 0 Å². The second-order valence-electron chi connectivity index (χ2n) is 21.0. The molecule has 6 aromatic carbocycles. The number of rotatable bonds is 6. The van der Waals surface area contributed by atoms with Crippen molar-refractivity contribution in [1.29, 1.82) is 0 Å². The second-order valence-corrected chi connectivity index (χ2v) is 21.0. The Labute approximate surface area is 399 Å². The highest BCUT2D eigenvalue weighted by molar-refractivity contribution is 5.98. The van der Waals surface area contributed by atoms with Gasteiger partial charge in [0.2, 0.25) is 0 Å². The molecule has 1 N–H and O–H groups in total. The predicted molar refractivity (Wildman–Crippen MR) is 272 cm³/mol. The van der Waals surface area contributed by atoms with Crippen LogP contribution in [-0.4, -0.2) is 19.6 Å². The topological polar surface area (TPSA) is 50.9 Å². The van der Waals surface area contributed by atoms with Crippen molar-refractivity contribution < 1.29 is 21.6 Å². The number of para-hydroxylation sites is 1. The maximum absolute atomic E-state index is 12.6. The van der Waals surface area contributed by atoms with Gasteiger partial charge in [0.1, 0.15) is 11.6 Å². The molecular formula is C60H65N3O. The summed E-state index contributed by atoms with van der Waals surface area (Å²) in [5.41, 5.74) is 5.30. The molecule has 8 rings (SSSR count). The smallest absolute Gasteiger partial charge is 0.149 e. The molecule has 0 unspecified atom stereocenters. The van der Waals surface area contributed by atoms with Crippen LogP contribution in [0.5, 0.6) is 5.75 Å². The summed E-state index contributed by atoms with van der Waals surface area (Å²) in [6.07, 6.45) is -0.645. The van der Waals surface area contributed by atoms with Crippen LogP contribution in [-0.2, 0) is 21.7 Å². The van der Waals surface area contributed by atoms with E-state index in [4.69, 9.17) is 20.1 Å². The van der Waals surface area contributed by atoms with Crippen LogP contribution in [0.2, 0.25) is 0 Å². The number of phenols is 1.